The largest absolute Gasteiger partial charge is 0.493 e. The topological polar surface area (TPSA) is 108 Å². The molecule has 0 radical (unpaired) electrons. The first kappa shape index (κ1) is 25.7. The van der Waals surface area contributed by atoms with Gasteiger partial charge in [0.25, 0.3) is 0 Å². The molecule has 8 nitrogen and oxygen atoms in total. The third-order valence-corrected chi connectivity index (χ3v) is 3.92. The highest BCUT2D eigenvalue weighted by molar-refractivity contribution is 6.27. The van der Waals surface area contributed by atoms with Gasteiger partial charge in [-0.05, 0) is 56.7 Å². The Morgan fingerprint density at radius 1 is 1.07 bits per heavy atom. The van der Waals surface area contributed by atoms with Gasteiger partial charge in [0.1, 0.15) is 0 Å². The number of nitrogens with one attached hydrogen (secondary N) is 1. The number of nitrogens with zero attached hydrogens (tertiary/aromatic N) is 1. The van der Waals surface area contributed by atoms with Crippen LogP contribution in [0.5, 0.6) is 11.5 Å². The van der Waals surface area contributed by atoms with E-state index in [0.717, 1.165) is 57.3 Å². The highest BCUT2D eigenvalue weighted by atomic mass is 16.5. The SMILES string of the molecule is CCCOc1ccc(CNCCCN(CC)CC)cc1OC.O=C(O)C(=O)O. The molecular weight excluding hydrogens is 364 g/mol. The molecule has 0 fully saturated rings. The molecule has 0 bridgehead atoms. The van der Waals surface area contributed by atoms with Crippen molar-refractivity contribution in [1.29, 1.82) is 0 Å². The first-order valence-corrected chi connectivity index (χ1v) is 9.58. The van der Waals surface area contributed by atoms with Crippen LogP contribution in [0.1, 0.15) is 39.2 Å². The second kappa shape index (κ2) is 15.7. The summed E-state index contributed by atoms with van der Waals surface area (Å²) < 4.78 is 11.1. The van der Waals surface area contributed by atoms with Crippen molar-refractivity contribution in [2.45, 2.75) is 40.2 Å². The lowest BCUT2D eigenvalue weighted by Crippen LogP contribution is -2.27. The summed E-state index contributed by atoms with van der Waals surface area (Å²) in [7, 11) is 1.69. The summed E-state index contributed by atoms with van der Waals surface area (Å²) in [5, 5.41) is 18.3. The Balaban J connectivity index is 0.00000105. The van der Waals surface area contributed by atoms with Crippen LogP contribution in [0.2, 0.25) is 0 Å². The molecule has 1 aromatic rings. The van der Waals surface area contributed by atoms with Crippen LogP contribution in [0.25, 0.3) is 0 Å². The molecule has 0 aromatic heterocycles. The first-order valence-electron chi connectivity index (χ1n) is 9.58. The van der Waals surface area contributed by atoms with Gasteiger partial charge in [-0.15, -0.1) is 0 Å². The molecule has 0 amide bonds. The van der Waals surface area contributed by atoms with Crippen molar-refractivity contribution in [3.05, 3.63) is 23.8 Å². The van der Waals surface area contributed by atoms with E-state index in [4.69, 9.17) is 29.3 Å². The number of rotatable bonds is 12. The smallest absolute Gasteiger partial charge is 0.414 e. The minimum absolute atomic E-state index is 0.722. The fourth-order valence-electron chi connectivity index (χ4n) is 2.35. The van der Waals surface area contributed by atoms with E-state index < -0.39 is 11.9 Å². The molecule has 0 aliphatic carbocycles. The molecule has 0 aliphatic heterocycles. The molecule has 0 saturated heterocycles. The first-order chi connectivity index (χ1) is 13.4. The minimum atomic E-state index is -1.82. The Bertz CT molecular complexity index is 564. The average molecular weight is 399 g/mol. The fourth-order valence-corrected chi connectivity index (χ4v) is 2.35. The lowest BCUT2D eigenvalue weighted by molar-refractivity contribution is -0.159. The van der Waals surface area contributed by atoms with E-state index in [-0.39, 0.29) is 0 Å². The third-order valence-electron chi connectivity index (χ3n) is 3.92. The maximum absolute atomic E-state index is 9.10. The van der Waals surface area contributed by atoms with Gasteiger partial charge < -0.3 is 29.9 Å². The summed E-state index contributed by atoms with van der Waals surface area (Å²) >= 11 is 0. The lowest BCUT2D eigenvalue weighted by Gasteiger charge is -2.17. The molecule has 0 aliphatic rings. The van der Waals surface area contributed by atoms with Gasteiger partial charge in [0.15, 0.2) is 11.5 Å². The van der Waals surface area contributed by atoms with Crippen molar-refractivity contribution < 1.29 is 29.3 Å². The molecule has 0 spiro atoms. The van der Waals surface area contributed by atoms with Crippen LogP contribution in [0.15, 0.2) is 18.2 Å². The predicted octanol–water partition coefficient (Wildman–Crippen LogP) is 2.46. The van der Waals surface area contributed by atoms with E-state index in [1.165, 1.54) is 12.0 Å². The van der Waals surface area contributed by atoms with E-state index in [1.54, 1.807) is 7.11 Å². The summed E-state index contributed by atoms with van der Waals surface area (Å²) in [6, 6.07) is 6.16. The van der Waals surface area contributed by atoms with Crippen molar-refractivity contribution in [1.82, 2.24) is 10.2 Å². The summed E-state index contributed by atoms with van der Waals surface area (Å²) in [6.45, 7) is 12.6. The minimum Gasteiger partial charge on any atom is -0.493 e. The molecule has 0 unspecified atom stereocenters. The molecule has 8 heteroatoms. The maximum Gasteiger partial charge on any atom is 0.414 e. The molecule has 1 rings (SSSR count). The highest BCUT2D eigenvalue weighted by Crippen LogP contribution is 2.28. The summed E-state index contributed by atoms with van der Waals surface area (Å²) in [4.78, 5) is 20.6. The zero-order chi connectivity index (χ0) is 21.4. The van der Waals surface area contributed by atoms with Crippen molar-refractivity contribution in [2.75, 3.05) is 39.9 Å². The number of benzene rings is 1. The number of hydrogen-bond donors (Lipinski definition) is 3. The van der Waals surface area contributed by atoms with E-state index in [0.29, 0.717) is 0 Å². The van der Waals surface area contributed by atoms with Gasteiger partial charge in [0.05, 0.1) is 13.7 Å². The van der Waals surface area contributed by atoms with Crippen LogP contribution < -0.4 is 14.8 Å². The van der Waals surface area contributed by atoms with Crippen molar-refractivity contribution >= 4 is 11.9 Å². The second-order valence-electron chi connectivity index (χ2n) is 6.00. The zero-order valence-corrected chi connectivity index (χ0v) is 17.4. The Labute approximate surface area is 167 Å². The molecule has 0 saturated carbocycles. The van der Waals surface area contributed by atoms with Crippen LogP contribution in [0.3, 0.4) is 0 Å². The number of hydrogen-bond acceptors (Lipinski definition) is 6. The lowest BCUT2D eigenvalue weighted by atomic mass is 10.2. The summed E-state index contributed by atoms with van der Waals surface area (Å²) in [5.74, 6) is -2.00. The van der Waals surface area contributed by atoms with E-state index in [1.807, 2.05) is 6.07 Å². The molecule has 1 aromatic carbocycles. The van der Waals surface area contributed by atoms with Crippen molar-refractivity contribution in [3.63, 3.8) is 0 Å². The van der Waals surface area contributed by atoms with Crippen LogP contribution in [-0.4, -0.2) is 66.9 Å². The number of carboxylic acid groups (broad SMARTS) is 2. The fraction of sp³-hybridized carbons (Fsp3) is 0.600. The molecule has 160 valence electrons. The summed E-state index contributed by atoms with van der Waals surface area (Å²) in [6.07, 6.45) is 2.18. The van der Waals surface area contributed by atoms with Crippen LogP contribution >= 0.6 is 0 Å². The van der Waals surface area contributed by atoms with Crippen molar-refractivity contribution in [3.8, 4) is 11.5 Å². The number of methoxy groups -OCH3 is 1. The monoisotopic (exact) mass is 398 g/mol. The van der Waals surface area contributed by atoms with Gasteiger partial charge in [-0.1, -0.05) is 26.8 Å². The summed E-state index contributed by atoms with van der Waals surface area (Å²) in [5.41, 5.74) is 1.23. The van der Waals surface area contributed by atoms with Gasteiger partial charge in [-0.2, -0.15) is 0 Å². The van der Waals surface area contributed by atoms with Gasteiger partial charge in [0, 0.05) is 6.54 Å². The van der Waals surface area contributed by atoms with Crippen molar-refractivity contribution in [2.24, 2.45) is 0 Å². The van der Waals surface area contributed by atoms with E-state index in [2.05, 4.69) is 43.1 Å². The predicted molar refractivity (Wildman–Crippen MR) is 108 cm³/mol. The normalized spacial score (nSPS) is 10.2. The third kappa shape index (κ3) is 11.4. The molecule has 0 atom stereocenters. The maximum atomic E-state index is 9.10. The van der Waals surface area contributed by atoms with Gasteiger partial charge >= 0.3 is 11.9 Å². The zero-order valence-electron chi connectivity index (χ0n) is 17.4. The Hall–Kier alpha value is -2.32. The Kier molecular flexibility index (Phi) is 14.4. The molecule has 28 heavy (non-hydrogen) atoms. The van der Waals surface area contributed by atoms with Crippen LogP contribution in [0.4, 0.5) is 0 Å². The highest BCUT2D eigenvalue weighted by Gasteiger charge is 2.06. The Morgan fingerprint density at radius 2 is 1.71 bits per heavy atom. The molecule has 0 heterocycles. The quantitative estimate of drug-likeness (QED) is 0.364. The number of carboxylic acids is 2. The van der Waals surface area contributed by atoms with Crippen LogP contribution in [0, 0.1) is 0 Å². The van der Waals surface area contributed by atoms with E-state index >= 15 is 0 Å². The van der Waals surface area contributed by atoms with Gasteiger partial charge in [-0.3, -0.25) is 0 Å². The number of carbonyl (C=O) groups is 2. The van der Waals surface area contributed by atoms with E-state index in [9.17, 15) is 0 Å². The second-order valence-corrected chi connectivity index (χ2v) is 6.00. The van der Waals surface area contributed by atoms with Crippen LogP contribution in [-0.2, 0) is 16.1 Å². The number of aliphatic carboxylic acids is 2. The van der Waals surface area contributed by atoms with Gasteiger partial charge in [0.2, 0.25) is 0 Å². The molecule has 3 N–H and O–H groups in total. The standard InChI is InChI=1S/C18H32N2O2.C2H2O4/c1-5-13-22-17-10-9-16(14-18(17)21-4)15-19-11-8-12-20(6-2)7-3;3-1(4)2(5)6/h9-10,14,19H,5-8,11-13,15H2,1-4H3;(H,3,4)(H,5,6). The Morgan fingerprint density at radius 3 is 2.21 bits per heavy atom. The average Bonchev–Trinajstić information content (AvgIpc) is 2.69. The van der Waals surface area contributed by atoms with Gasteiger partial charge in [-0.25, -0.2) is 9.59 Å². The molecular formula is C20H34N2O6. The number of ether oxygens (including phenoxy) is 2.